The van der Waals surface area contributed by atoms with Crippen molar-refractivity contribution >= 4 is 27.9 Å². The summed E-state index contributed by atoms with van der Waals surface area (Å²) in [4.78, 5) is 12.1. The second-order valence-electron chi connectivity index (χ2n) is 8.89. The van der Waals surface area contributed by atoms with Gasteiger partial charge in [-0.1, -0.05) is 43.9 Å². The number of likely N-dealkylation sites (tertiary alicyclic amines) is 1. The molecule has 0 bridgehead atoms. The van der Waals surface area contributed by atoms with Crippen LogP contribution in [0.3, 0.4) is 0 Å². The quantitative estimate of drug-likeness (QED) is 0.570. The third kappa shape index (κ3) is 5.74. The number of pyridine rings is 1. The summed E-state index contributed by atoms with van der Waals surface area (Å²) in [7, 11) is 2.22. The number of piperidine rings is 1. The van der Waals surface area contributed by atoms with Crippen molar-refractivity contribution in [3.63, 3.8) is 0 Å². The smallest absolute Gasteiger partial charge is 0.147 e. The molecule has 2 aromatic heterocycles. The molecule has 0 amide bonds. The summed E-state index contributed by atoms with van der Waals surface area (Å²) in [6, 6.07) is 9.13. The van der Waals surface area contributed by atoms with E-state index in [9.17, 15) is 0 Å². The molecule has 8 heteroatoms. The molecule has 5 rings (SSSR count). The predicted molar refractivity (Wildman–Crippen MR) is 143 cm³/mol. The van der Waals surface area contributed by atoms with Gasteiger partial charge in [-0.05, 0) is 44.3 Å². The molecule has 3 aromatic rings. The van der Waals surface area contributed by atoms with Crippen molar-refractivity contribution in [2.45, 2.75) is 39.7 Å². The summed E-state index contributed by atoms with van der Waals surface area (Å²) < 4.78 is 0. The van der Waals surface area contributed by atoms with Crippen LogP contribution in [0.5, 0.6) is 0 Å². The molecular weight excluding hydrogens is 442 g/mol. The Morgan fingerprint density at radius 2 is 1.74 bits per heavy atom. The number of nitrogens with zero attached hydrogens (tertiary/aromatic N) is 6. The Morgan fingerprint density at radius 1 is 1.00 bits per heavy atom. The number of aromatic nitrogens is 3. The van der Waals surface area contributed by atoms with Gasteiger partial charge in [-0.3, -0.25) is 4.90 Å². The summed E-state index contributed by atoms with van der Waals surface area (Å²) in [5, 5.41) is 16.0. The standard InChI is InChI=1S/C24H31N7S.C2H6/c1-17(30-8-6-22(7-9-30)31-12-10-29(3)11-13-31)26-23-15-21-14-19(4-5-20(21)16-25-23)24-28-27-18(2)32-24;1-2/h4-5,14-16,22H,1,6-13H2,2-3H3,(H,25,26);1-2H3. The molecule has 0 radical (unpaired) electrons. The highest BCUT2D eigenvalue weighted by atomic mass is 32.1. The number of piperazine rings is 1. The molecule has 0 spiro atoms. The molecule has 2 aliphatic heterocycles. The fraction of sp³-hybridized carbons (Fsp3) is 0.500. The van der Waals surface area contributed by atoms with E-state index in [0.717, 1.165) is 51.1 Å². The molecule has 2 aliphatic rings. The van der Waals surface area contributed by atoms with E-state index in [1.165, 1.54) is 39.0 Å². The van der Waals surface area contributed by atoms with Gasteiger partial charge in [0.2, 0.25) is 0 Å². The highest BCUT2D eigenvalue weighted by molar-refractivity contribution is 7.14. The molecule has 182 valence electrons. The minimum Gasteiger partial charge on any atom is -0.359 e. The van der Waals surface area contributed by atoms with E-state index >= 15 is 0 Å². The monoisotopic (exact) mass is 479 g/mol. The number of rotatable bonds is 5. The highest BCUT2D eigenvalue weighted by Gasteiger charge is 2.27. The minimum atomic E-state index is 0.703. The van der Waals surface area contributed by atoms with Crippen molar-refractivity contribution in [1.82, 2.24) is 29.9 Å². The van der Waals surface area contributed by atoms with Crippen LogP contribution < -0.4 is 5.32 Å². The van der Waals surface area contributed by atoms with Crippen LogP contribution in [0.15, 0.2) is 42.9 Å². The van der Waals surface area contributed by atoms with E-state index in [-0.39, 0.29) is 0 Å². The van der Waals surface area contributed by atoms with E-state index in [1.807, 2.05) is 27.0 Å². The van der Waals surface area contributed by atoms with Crippen LogP contribution in [0.1, 0.15) is 31.7 Å². The first-order valence-corrected chi connectivity index (χ1v) is 13.2. The predicted octanol–water partition coefficient (Wildman–Crippen LogP) is 4.68. The topological polar surface area (TPSA) is 60.4 Å². The molecule has 1 N–H and O–H groups in total. The minimum absolute atomic E-state index is 0.703. The van der Waals surface area contributed by atoms with Crippen molar-refractivity contribution in [1.29, 1.82) is 0 Å². The van der Waals surface area contributed by atoms with Crippen molar-refractivity contribution in [3.8, 4) is 10.6 Å². The molecule has 7 nitrogen and oxygen atoms in total. The van der Waals surface area contributed by atoms with Crippen LogP contribution in [0.25, 0.3) is 21.3 Å². The molecule has 0 atom stereocenters. The SMILES string of the molecule is C=C(Nc1cc2cc(-c3nnc(C)s3)ccc2cn1)N1CCC(N2CCN(C)CC2)CC1.CC. The maximum Gasteiger partial charge on any atom is 0.147 e. The maximum atomic E-state index is 4.61. The number of fused-ring (bicyclic) bond motifs is 1. The molecule has 2 fully saturated rings. The Hall–Kier alpha value is -2.55. The van der Waals surface area contributed by atoms with Crippen LogP contribution >= 0.6 is 11.3 Å². The average molecular weight is 480 g/mol. The Bertz CT molecular complexity index is 1100. The number of benzene rings is 1. The lowest BCUT2D eigenvalue weighted by Crippen LogP contribution is -2.52. The summed E-state index contributed by atoms with van der Waals surface area (Å²) in [5.41, 5.74) is 1.09. The second kappa shape index (κ2) is 11.3. The molecule has 34 heavy (non-hydrogen) atoms. The Labute approximate surface area is 207 Å². The first-order valence-electron chi connectivity index (χ1n) is 12.4. The van der Waals surface area contributed by atoms with Gasteiger partial charge in [-0.2, -0.15) is 0 Å². The van der Waals surface area contributed by atoms with Gasteiger partial charge in [0.1, 0.15) is 15.8 Å². The lowest BCUT2D eigenvalue weighted by molar-refractivity contribution is 0.0761. The van der Waals surface area contributed by atoms with E-state index in [1.54, 1.807) is 11.3 Å². The van der Waals surface area contributed by atoms with Gasteiger partial charge >= 0.3 is 0 Å². The van der Waals surface area contributed by atoms with Crippen LogP contribution in [-0.4, -0.2) is 82.2 Å². The van der Waals surface area contributed by atoms with Crippen molar-refractivity contribution in [2.75, 3.05) is 51.6 Å². The normalized spacial score (nSPS) is 17.9. The third-order valence-electron chi connectivity index (χ3n) is 6.67. The van der Waals surface area contributed by atoms with Gasteiger partial charge < -0.3 is 15.1 Å². The Balaban J connectivity index is 0.00000133. The van der Waals surface area contributed by atoms with E-state index in [4.69, 9.17) is 0 Å². The molecular formula is C26H37N7S. The average Bonchev–Trinajstić information content (AvgIpc) is 3.31. The number of hydrogen-bond donors (Lipinski definition) is 1. The number of aryl methyl sites for hydroxylation is 1. The van der Waals surface area contributed by atoms with Crippen molar-refractivity contribution in [3.05, 3.63) is 47.9 Å². The van der Waals surface area contributed by atoms with E-state index in [0.29, 0.717) is 6.04 Å². The summed E-state index contributed by atoms with van der Waals surface area (Å²) in [6.45, 7) is 17.1. The van der Waals surface area contributed by atoms with Crippen LogP contribution in [0.2, 0.25) is 0 Å². The molecule has 2 saturated heterocycles. The molecule has 0 saturated carbocycles. The fourth-order valence-corrected chi connectivity index (χ4v) is 5.36. The van der Waals surface area contributed by atoms with E-state index in [2.05, 4.69) is 73.1 Å². The number of likely N-dealkylation sites (N-methyl/N-ethyl adjacent to an activating group) is 1. The molecule has 0 unspecified atom stereocenters. The second-order valence-corrected chi connectivity index (χ2v) is 10.1. The summed E-state index contributed by atoms with van der Waals surface area (Å²) in [5.74, 6) is 1.76. The lowest BCUT2D eigenvalue weighted by atomic mass is 10.0. The first-order chi connectivity index (χ1) is 16.5. The fourth-order valence-electron chi connectivity index (χ4n) is 4.67. The molecule has 4 heterocycles. The van der Waals surface area contributed by atoms with Crippen molar-refractivity contribution in [2.24, 2.45) is 0 Å². The highest BCUT2D eigenvalue weighted by Crippen LogP contribution is 2.28. The third-order valence-corrected chi connectivity index (χ3v) is 7.56. The van der Waals surface area contributed by atoms with Gasteiger partial charge in [-0.15, -0.1) is 10.2 Å². The zero-order valence-corrected chi connectivity index (χ0v) is 21.7. The van der Waals surface area contributed by atoms with Crippen molar-refractivity contribution < 1.29 is 0 Å². The number of hydrogen-bond acceptors (Lipinski definition) is 8. The molecule has 0 aliphatic carbocycles. The van der Waals surface area contributed by atoms with Gasteiger partial charge in [-0.25, -0.2) is 4.98 Å². The maximum absolute atomic E-state index is 4.61. The Kier molecular flexibility index (Phi) is 8.13. The number of anilines is 1. The van der Waals surface area contributed by atoms with Crippen LogP contribution in [0, 0.1) is 6.92 Å². The zero-order valence-electron chi connectivity index (χ0n) is 20.9. The Morgan fingerprint density at radius 3 is 2.41 bits per heavy atom. The van der Waals surface area contributed by atoms with Gasteiger partial charge in [0.05, 0.1) is 5.82 Å². The largest absolute Gasteiger partial charge is 0.359 e. The molecule has 1 aromatic carbocycles. The van der Waals surface area contributed by atoms with Gasteiger partial charge in [0.25, 0.3) is 0 Å². The summed E-state index contributed by atoms with van der Waals surface area (Å²) >= 11 is 1.61. The van der Waals surface area contributed by atoms with Crippen LogP contribution in [0.4, 0.5) is 5.82 Å². The van der Waals surface area contributed by atoms with E-state index < -0.39 is 0 Å². The van der Waals surface area contributed by atoms with Gasteiger partial charge in [0, 0.05) is 62.5 Å². The van der Waals surface area contributed by atoms with Gasteiger partial charge in [0.15, 0.2) is 0 Å². The number of nitrogens with one attached hydrogen (secondary N) is 1. The zero-order chi connectivity index (χ0) is 24.1. The first kappa shape index (κ1) is 24.6. The van der Waals surface area contributed by atoms with Crippen LogP contribution in [-0.2, 0) is 0 Å². The summed E-state index contributed by atoms with van der Waals surface area (Å²) in [6.07, 6.45) is 4.31. The lowest BCUT2D eigenvalue weighted by Gasteiger charge is -2.42.